The first-order valence-corrected chi connectivity index (χ1v) is 14.6. The topological polar surface area (TPSA) is 145 Å². The van der Waals surface area contributed by atoms with Crippen LogP contribution in [0.2, 0.25) is 0 Å². The second kappa shape index (κ2) is 13.1. The molecule has 226 valence electrons. The maximum absolute atomic E-state index is 13.0. The number of amides is 2. The van der Waals surface area contributed by atoms with Gasteiger partial charge in [-0.05, 0) is 69.8 Å². The number of benzene rings is 1. The van der Waals surface area contributed by atoms with Gasteiger partial charge in [-0.1, -0.05) is 18.2 Å². The molecule has 0 spiro atoms. The third-order valence-corrected chi connectivity index (χ3v) is 8.30. The minimum atomic E-state index is -0.347. The highest BCUT2D eigenvalue weighted by atomic mass is 16.2. The molecule has 1 saturated carbocycles. The average Bonchev–Trinajstić information content (AvgIpc) is 3.71. The summed E-state index contributed by atoms with van der Waals surface area (Å²) in [5, 5.41) is 11.9. The summed E-state index contributed by atoms with van der Waals surface area (Å²) in [7, 11) is 3.72. The SMILES string of the molecule is C=Nc1c(C(N)=NC)c(-c2ccc(C(=O)Nc3cc(C#N)ccn3)cc2)c(C)n1[C@@H]1CCN(C(=O)/C=C/CN(C)C2CC2)C1. The van der Waals surface area contributed by atoms with E-state index in [4.69, 9.17) is 11.0 Å². The molecule has 1 saturated heterocycles. The van der Waals surface area contributed by atoms with Crippen LogP contribution < -0.4 is 11.1 Å². The molecule has 5 rings (SSSR count). The molecular formula is C33H37N9O2. The average molecular weight is 592 g/mol. The van der Waals surface area contributed by atoms with Gasteiger partial charge in [0, 0.05) is 61.8 Å². The predicted molar refractivity (Wildman–Crippen MR) is 172 cm³/mol. The van der Waals surface area contributed by atoms with Gasteiger partial charge < -0.3 is 20.5 Å². The molecular weight excluding hydrogens is 554 g/mol. The first kappa shape index (κ1) is 30.4. The molecule has 3 aromatic rings. The lowest BCUT2D eigenvalue weighted by molar-refractivity contribution is -0.125. The zero-order valence-corrected chi connectivity index (χ0v) is 25.3. The number of nitrogens with zero attached hydrogens (tertiary/aromatic N) is 7. The second-order valence-electron chi connectivity index (χ2n) is 11.2. The van der Waals surface area contributed by atoms with Gasteiger partial charge in [0.25, 0.3) is 5.91 Å². The fourth-order valence-electron chi connectivity index (χ4n) is 5.79. The Labute approximate surface area is 257 Å². The van der Waals surface area contributed by atoms with Crippen LogP contribution in [0.25, 0.3) is 11.1 Å². The maximum atomic E-state index is 13.0. The number of likely N-dealkylation sites (tertiary alicyclic amines) is 1. The van der Waals surface area contributed by atoms with Crippen molar-refractivity contribution in [3.63, 3.8) is 0 Å². The summed E-state index contributed by atoms with van der Waals surface area (Å²) in [5.74, 6) is 0.885. The van der Waals surface area contributed by atoms with E-state index in [0.29, 0.717) is 53.3 Å². The number of anilines is 1. The van der Waals surface area contributed by atoms with E-state index in [1.165, 1.54) is 25.1 Å². The zero-order chi connectivity index (χ0) is 31.4. The van der Waals surface area contributed by atoms with Crippen LogP contribution in [0.3, 0.4) is 0 Å². The molecule has 2 amide bonds. The Bertz CT molecular complexity index is 1680. The van der Waals surface area contributed by atoms with Crippen molar-refractivity contribution in [1.82, 2.24) is 19.4 Å². The monoisotopic (exact) mass is 591 g/mol. The molecule has 2 aliphatic rings. The number of nitrogens with two attached hydrogens (primary N) is 1. The molecule has 2 fully saturated rings. The molecule has 1 aliphatic carbocycles. The van der Waals surface area contributed by atoms with E-state index in [-0.39, 0.29) is 17.9 Å². The van der Waals surface area contributed by atoms with Gasteiger partial charge in [0.05, 0.1) is 23.2 Å². The largest absolute Gasteiger partial charge is 0.383 e. The van der Waals surface area contributed by atoms with Crippen molar-refractivity contribution in [1.29, 1.82) is 5.26 Å². The van der Waals surface area contributed by atoms with E-state index in [1.807, 2.05) is 36.1 Å². The van der Waals surface area contributed by atoms with Gasteiger partial charge in [-0.2, -0.15) is 5.26 Å². The molecule has 0 radical (unpaired) electrons. The Morgan fingerprint density at radius 2 is 2.00 bits per heavy atom. The lowest BCUT2D eigenvalue weighted by Gasteiger charge is -2.19. The number of nitrogens with one attached hydrogen (secondary N) is 1. The van der Waals surface area contributed by atoms with Gasteiger partial charge in [0.1, 0.15) is 17.5 Å². The molecule has 0 unspecified atom stereocenters. The summed E-state index contributed by atoms with van der Waals surface area (Å²) in [6.45, 7) is 7.80. The number of carbonyl (C=O) groups excluding carboxylic acids is 2. The van der Waals surface area contributed by atoms with Crippen molar-refractivity contribution >= 4 is 36.0 Å². The zero-order valence-electron chi connectivity index (χ0n) is 25.3. The molecule has 0 bridgehead atoms. The summed E-state index contributed by atoms with van der Waals surface area (Å²) in [6, 6.07) is 12.9. The summed E-state index contributed by atoms with van der Waals surface area (Å²) in [4.78, 5) is 42.8. The summed E-state index contributed by atoms with van der Waals surface area (Å²) >= 11 is 0. The molecule has 1 aliphatic heterocycles. The quantitative estimate of drug-likeness (QED) is 0.207. The minimum Gasteiger partial charge on any atom is -0.383 e. The number of aliphatic imine (C=N–C) groups is 2. The van der Waals surface area contributed by atoms with Crippen LogP contribution in [-0.2, 0) is 4.79 Å². The number of amidine groups is 1. The molecule has 11 heteroatoms. The normalized spacial score (nSPS) is 16.8. The maximum Gasteiger partial charge on any atom is 0.256 e. The molecule has 3 N–H and O–H groups in total. The van der Waals surface area contributed by atoms with Gasteiger partial charge in [-0.15, -0.1) is 0 Å². The first-order chi connectivity index (χ1) is 21.2. The van der Waals surface area contributed by atoms with E-state index in [2.05, 4.69) is 43.5 Å². The van der Waals surface area contributed by atoms with Crippen molar-refractivity contribution in [2.75, 3.05) is 39.0 Å². The molecule has 2 aromatic heterocycles. The lowest BCUT2D eigenvalue weighted by Crippen LogP contribution is -2.28. The van der Waals surface area contributed by atoms with E-state index < -0.39 is 0 Å². The summed E-state index contributed by atoms with van der Waals surface area (Å²) in [5.41, 5.74) is 10.5. The Morgan fingerprint density at radius 1 is 1.25 bits per heavy atom. The number of hydrogen-bond acceptors (Lipinski definition) is 7. The summed E-state index contributed by atoms with van der Waals surface area (Å²) in [6.07, 6.45) is 8.34. The predicted octanol–water partition coefficient (Wildman–Crippen LogP) is 4.07. The lowest BCUT2D eigenvalue weighted by atomic mass is 9.99. The second-order valence-corrected chi connectivity index (χ2v) is 11.2. The third-order valence-electron chi connectivity index (χ3n) is 8.30. The Hall–Kier alpha value is -5.08. The molecule has 1 aromatic carbocycles. The van der Waals surface area contributed by atoms with Crippen LogP contribution in [0.4, 0.5) is 11.6 Å². The highest BCUT2D eigenvalue weighted by Crippen LogP contribution is 2.41. The van der Waals surface area contributed by atoms with Crippen molar-refractivity contribution in [2.45, 2.75) is 38.3 Å². The Kier molecular flexibility index (Phi) is 9.01. The van der Waals surface area contributed by atoms with E-state index >= 15 is 0 Å². The van der Waals surface area contributed by atoms with Crippen LogP contribution >= 0.6 is 0 Å². The molecule has 1 atom stereocenters. The van der Waals surface area contributed by atoms with E-state index in [1.54, 1.807) is 31.3 Å². The summed E-state index contributed by atoms with van der Waals surface area (Å²) < 4.78 is 2.11. The highest BCUT2D eigenvalue weighted by molar-refractivity contribution is 6.09. The van der Waals surface area contributed by atoms with Crippen molar-refractivity contribution < 1.29 is 9.59 Å². The van der Waals surface area contributed by atoms with Crippen molar-refractivity contribution in [2.24, 2.45) is 15.7 Å². The minimum absolute atomic E-state index is 0.00751. The number of nitriles is 1. The van der Waals surface area contributed by atoms with Crippen LogP contribution in [0.15, 0.2) is 64.7 Å². The Morgan fingerprint density at radius 3 is 2.66 bits per heavy atom. The van der Waals surface area contributed by atoms with Gasteiger partial charge >= 0.3 is 0 Å². The number of likely N-dealkylation sites (N-methyl/N-ethyl adjacent to an activating group) is 1. The molecule has 44 heavy (non-hydrogen) atoms. The Balaban J connectivity index is 1.39. The van der Waals surface area contributed by atoms with Gasteiger partial charge in [0.2, 0.25) is 5.91 Å². The van der Waals surface area contributed by atoms with Crippen molar-refractivity contribution in [3.8, 4) is 17.2 Å². The van der Waals surface area contributed by atoms with Gasteiger partial charge in [0.15, 0.2) is 0 Å². The standard InChI is InChI=1S/C33H37N9O2/c1-21-29(23-7-9-24(10-8-23)33(44)39-27-18-22(19-34)13-15-38-27)30(31(35)36-2)32(37-3)42(21)26-14-17-41(20-26)28(43)6-5-16-40(4)25-11-12-25/h5-10,13,15,18,25-26H,3,11-12,14,16-17,20H2,1-2,4H3,(H2,35,36)(H,38,39,44)/b6-5+/t26-/m1/s1. The fourth-order valence-corrected chi connectivity index (χ4v) is 5.79. The van der Waals surface area contributed by atoms with Crippen LogP contribution in [-0.4, -0.2) is 83.5 Å². The number of aromatic nitrogens is 2. The fraction of sp³-hybridized carbons (Fsp3) is 0.333. The van der Waals surface area contributed by atoms with Gasteiger partial charge in [-0.3, -0.25) is 19.5 Å². The number of rotatable bonds is 10. The van der Waals surface area contributed by atoms with E-state index in [9.17, 15) is 9.59 Å². The van der Waals surface area contributed by atoms with Crippen LogP contribution in [0, 0.1) is 18.3 Å². The number of hydrogen-bond donors (Lipinski definition) is 2. The van der Waals surface area contributed by atoms with Crippen LogP contribution in [0.1, 0.15) is 52.5 Å². The first-order valence-electron chi connectivity index (χ1n) is 14.6. The highest BCUT2D eigenvalue weighted by Gasteiger charge is 2.33. The van der Waals surface area contributed by atoms with Gasteiger partial charge in [-0.25, -0.2) is 9.98 Å². The van der Waals surface area contributed by atoms with Crippen molar-refractivity contribution in [3.05, 3.63) is 77.1 Å². The van der Waals surface area contributed by atoms with Crippen LogP contribution in [0.5, 0.6) is 0 Å². The number of pyridine rings is 1. The van der Waals surface area contributed by atoms with E-state index in [0.717, 1.165) is 29.8 Å². The number of carbonyl (C=O) groups is 2. The molecule has 11 nitrogen and oxygen atoms in total. The smallest absolute Gasteiger partial charge is 0.256 e. The third kappa shape index (κ3) is 6.31. The molecule has 3 heterocycles.